The molecule has 1 aliphatic rings. The van der Waals surface area contributed by atoms with Gasteiger partial charge in [-0.05, 0) is 74.4 Å². The van der Waals surface area contributed by atoms with Gasteiger partial charge in [0.2, 0.25) is 0 Å². The summed E-state index contributed by atoms with van der Waals surface area (Å²) in [6.45, 7) is 4.66. The van der Waals surface area contributed by atoms with E-state index < -0.39 is 17.8 Å². The van der Waals surface area contributed by atoms with Gasteiger partial charge in [0, 0.05) is 29.9 Å². The normalized spacial score (nSPS) is 14.2. The summed E-state index contributed by atoms with van der Waals surface area (Å²) in [4.78, 5) is 17.8. The minimum Gasteiger partial charge on any atom is -0.493 e. The molecule has 204 valence electrons. The Hall–Kier alpha value is -2.91. The molecule has 0 aliphatic heterocycles. The van der Waals surface area contributed by atoms with E-state index in [-0.39, 0.29) is 5.97 Å². The van der Waals surface area contributed by atoms with Crippen molar-refractivity contribution < 1.29 is 32.2 Å². The molecule has 5 nitrogen and oxygen atoms in total. The number of nitrogens with zero attached hydrogens (tertiary/aromatic N) is 1. The van der Waals surface area contributed by atoms with E-state index in [1.54, 1.807) is 0 Å². The third-order valence-corrected chi connectivity index (χ3v) is 8.03. The van der Waals surface area contributed by atoms with Crippen molar-refractivity contribution in [3.8, 4) is 16.3 Å². The molecular weight excluding hydrogens is 515 g/mol. The molecule has 0 amide bonds. The lowest BCUT2D eigenvalue weighted by Crippen LogP contribution is -2.28. The summed E-state index contributed by atoms with van der Waals surface area (Å²) < 4.78 is 55.4. The maximum atomic E-state index is 12.9. The third kappa shape index (κ3) is 6.56. The summed E-state index contributed by atoms with van der Waals surface area (Å²) in [6.07, 6.45) is 0.169. The van der Waals surface area contributed by atoms with Crippen molar-refractivity contribution in [2.24, 2.45) is 0 Å². The molecule has 0 bridgehead atoms. The standard InChI is InChI=1S/C29H32F3NO4S/c1-4-36-25(28(34)35-3)17-20-11-14-24(23-8-6-5-7-22(20)23)37-16-15-26-18(2)33-27(38-26)19-9-12-21(13-10-19)29(30,31)32/h9-14,25H,4-8,15-17H2,1-3H3. The molecule has 9 heteroatoms. The second kappa shape index (κ2) is 12.3. The minimum atomic E-state index is -4.36. The molecule has 0 fully saturated rings. The second-order valence-corrected chi connectivity index (χ2v) is 10.3. The zero-order chi connectivity index (χ0) is 27.3. The number of esters is 1. The summed E-state index contributed by atoms with van der Waals surface area (Å²) in [5.41, 5.74) is 4.38. The summed E-state index contributed by atoms with van der Waals surface area (Å²) >= 11 is 1.48. The number of halogens is 3. The first-order chi connectivity index (χ1) is 18.2. The number of rotatable bonds is 10. The van der Waals surface area contributed by atoms with Crippen molar-refractivity contribution in [2.75, 3.05) is 20.3 Å². The smallest absolute Gasteiger partial charge is 0.416 e. The molecule has 1 unspecified atom stereocenters. The van der Waals surface area contributed by atoms with Gasteiger partial charge < -0.3 is 14.2 Å². The Morgan fingerprint density at radius 3 is 2.45 bits per heavy atom. The van der Waals surface area contributed by atoms with E-state index in [4.69, 9.17) is 14.2 Å². The summed E-state index contributed by atoms with van der Waals surface area (Å²) in [6, 6.07) is 9.10. The molecular formula is C29H32F3NO4S. The highest BCUT2D eigenvalue weighted by atomic mass is 32.1. The van der Waals surface area contributed by atoms with Crippen LogP contribution in [-0.4, -0.2) is 37.4 Å². The molecule has 0 saturated heterocycles. The topological polar surface area (TPSA) is 57.7 Å². The predicted octanol–water partition coefficient (Wildman–Crippen LogP) is 6.76. The van der Waals surface area contributed by atoms with Crippen molar-refractivity contribution in [2.45, 2.75) is 64.7 Å². The van der Waals surface area contributed by atoms with E-state index in [1.807, 2.05) is 26.0 Å². The molecule has 3 aromatic rings. The van der Waals surface area contributed by atoms with Crippen molar-refractivity contribution >= 4 is 17.3 Å². The first kappa shape index (κ1) is 28.1. The SMILES string of the molecule is CCOC(Cc1ccc(OCCc2sc(-c3ccc(C(F)(F)F)cc3)nc2C)c2c1CCCC2)C(=O)OC. The first-order valence-electron chi connectivity index (χ1n) is 12.8. The Morgan fingerprint density at radius 1 is 1.08 bits per heavy atom. The molecule has 1 atom stereocenters. The fraction of sp³-hybridized carbons (Fsp3) is 0.448. The van der Waals surface area contributed by atoms with Crippen LogP contribution in [-0.2, 0) is 46.1 Å². The maximum absolute atomic E-state index is 12.9. The van der Waals surface area contributed by atoms with Crippen LogP contribution in [0.25, 0.3) is 10.6 Å². The van der Waals surface area contributed by atoms with Gasteiger partial charge >= 0.3 is 12.1 Å². The van der Waals surface area contributed by atoms with E-state index >= 15 is 0 Å². The van der Waals surface area contributed by atoms with Crippen molar-refractivity contribution in [3.05, 3.63) is 69.2 Å². The quantitative estimate of drug-likeness (QED) is 0.263. The van der Waals surface area contributed by atoms with E-state index in [2.05, 4.69) is 4.98 Å². The number of hydrogen-bond acceptors (Lipinski definition) is 6. The van der Waals surface area contributed by atoms with Crippen LogP contribution in [0, 0.1) is 6.92 Å². The van der Waals surface area contributed by atoms with Crippen molar-refractivity contribution in [1.29, 1.82) is 0 Å². The summed E-state index contributed by atoms with van der Waals surface area (Å²) in [5, 5.41) is 0.697. The molecule has 1 aromatic heterocycles. The molecule has 2 aromatic carbocycles. The highest BCUT2D eigenvalue weighted by molar-refractivity contribution is 7.15. The fourth-order valence-electron chi connectivity index (χ4n) is 4.82. The molecule has 1 heterocycles. The van der Waals surface area contributed by atoms with Crippen LogP contribution in [0.5, 0.6) is 5.75 Å². The Labute approximate surface area is 225 Å². The van der Waals surface area contributed by atoms with Crippen LogP contribution in [0.4, 0.5) is 13.2 Å². The van der Waals surface area contributed by atoms with E-state index in [9.17, 15) is 18.0 Å². The average Bonchev–Trinajstić information content (AvgIpc) is 3.28. The van der Waals surface area contributed by atoms with Crippen molar-refractivity contribution in [3.63, 3.8) is 0 Å². The Morgan fingerprint density at radius 2 is 1.79 bits per heavy atom. The Balaban J connectivity index is 1.44. The van der Waals surface area contributed by atoms with E-state index in [1.165, 1.54) is 41.7 Å². The monoisotopic (exact) mass is 547 g/mol. The summed E-state index contributed by atoms with van der Waals surface area (Å²) in [5.74, 6) is 0.493. The number of thiazole rings is 1. The van der Waals surface area contributed by atoms with Gasteiger partial charge in [-0.2, -0.15) is 13.2 Å². The van der Waals surface area contributed by atoms with Crippen LogP contribution in [0.1, 0.15) is 52.6 Å². The average molecular weight is 548 g/mol. The number of fused-ring (bicyclic) bond motifs is 1. The zero-order valence-corrected chi connectivity index (χ0v) is 22.6. The maximum Gasteiger partial charge on any atom is 0.416 e. The predicted molar refractivity (Wildman–Crippen MR) is 141 cm³/mol. The Kier molecular flexibility index (Phi) is 9.10. The molecule has 0 spiro atoms. The van der Waals surface area contributed by atoms with Gasteiger partial charge in [0.25, 0.3) is 0 Å². The first-order valence-corrected chi connectivity index (χ1v) is 13.6. The molecule has 4 rings (SSSR count). The lowest BCUT2D eigenvalue weighted by Gasteiger charge is -2.24. The van der Waals surface area contributed by atoms with Gasteiger partial charge in [0.05, 0.1) is 25.0 Å². The van der Waals surface area contributed by atoms with Crippen LogP contribution in [0.3, 0.4) is 0 Å². The highest BCUT2D eigenvalue weighted by Crippen LogP contribution is 2.35. The van der Waals surface area contributed by atoms with E-state index in [0.717, 1.165) is 59.7 Å². The molecule has 0 N–H and O–H groups in total. The van der Waals surface area contributed by atoms with Crippen LogP contribution >= 0.6 is 11.3 Å². The largest absolute Gasteiger partial charge is 0.493 e. The Bertz CT molecular complexity index is 1250. The third-order valence-electron chi connectivity index (χ3n) is 6.76. The minimum absolute atomic E-state index is 0.368. The molecule has 0 radical (unpaired) electrons. The van der Waals surface area contributed by atoms with Crippen LogP contribution in [0.15, 0.2) is 36.4 Å². The number of benzene rings is 2. The van der Waals surface area contributed by atoms with Crippen LogP contribution in [0.2, 0.25) is 0 Å². The number of ether oxygens (including phenoxy) is 3. The lowest BCUT2D eigenvalue weighted by atomic mass is 9.86. The number of carbonyl (C=O) groups is 1. The zero-order valence-electron chi connectivity index (χ0n) is 21.8. The number of carbonyl (C=O) groups excluding carboxylic acids is 1. The van der Waals surface area contributed by atoms with Gasteiger partial charge in [-0.3, -0.25) is 0 Å². The highest BCUT2D eigenvalue weighted by Gasteiger charge is 2.30. The number of aromatic nitrogens is 1. The molecule has 38 heavy (non-hydrogen) atoms. The second-order valence-electron chi connectivity index (χ2n) is 9.26. The van der Waals surface area contributed by atoms with Crippen molar-refractivity contribution in [1.82, 2.24) is 4.98 Å². The summed E-state index contributed by atoms with van der Waals surface area (Å²) in [7, 11) is 1.37. The number of alkyl halides is 3. The van der Waals surface area contributed by atoms with Gasteiger partial charge in [0.15, 0.2) is 6.10 Å². The number of hydrogen-bond donors (Lipinski definition) is 0. The lowest BCUT2D eigenvalue weighted by molar-refractivity contribution is -0.153. The number of methoxy groups -OCH3 is 1. The molecule has 0 saturated carbocycles. The fourth-order valence-corrected chi connectivity index (χ4v) is 5.87. The van der Waals surface area contributed by atoms with Gasteiger partial charge in [-0.25, -0.2) is 9.78 Å². The van der Waals surface area contributed by atoms with Gasteiger partial charge in [-0.15, -0.1) is 11.3 Å². The molecule has 1 aliphatic carbocycles. The van der Waals surface area contributed by atoms with Gasteiger partial charge in [-0.1, -0.05) is 18.2 Å². The van der Waals surface area contributed by atoms with Gasteiger partial charge in [0.1, 0.15) is 10.8 Å². The van der Waals surface area contributed by atoms with Crippen LogP contribution < -0.4 is 4.74 Å². The number of aryl methyl sites for hydroxylation is 1. The van der Waals surface area contributed by atoms with E-state index in [0.29, 0.717) is 36.6 Å².